The largest absolute Gasteiger partial charge is 0.483 e. The fourth-order valence-corrected chi connectivity index (χ4v) is 2.69. The highest BCUT2D eigenvalue weighted by Gasteiger charge is 2.40. The number of benzene rings is 1. The zero-order chi connectivity index (χ0) is 15.5. The summed E-state index contributed by atoms with van der Waals surface area (Å²) in [7, 11) is 1.75. The maximum absolute atomic E-state index is 11.2. The molecule has 0 spiro atoms. The van der Waals surface area contributed by atoms with Crippen molar-refractivity contribution in [3.05, 3.63) is 33.9 Å². The van der Waals surface area contributed by atoms with Crippen molar-refractivity contribution >= 4 is 5.69 Å². The first-order valence-electron chi connectivity index (χ1n) is 7.07. The minimum absolute atomic E-state index is 0.00624. The third-order valence-corrected chi connectivity index (χ3v) is 4.08. The highest BCUT2D eigenvalue weighted by Crippen LogP contribution is 2.35. The number of nitrogens with zero attached hydrogens (tertiary/aromatic N) is 2. The number of hydrogen-bond acceptors (Lipinski definition) is 5. The fourth-order valence-electron chi connectivity index (χ4n) is 2.69. The molecule has 6 nitrogen and oxygen atoms in total. The van der Waals surface area contributed by atoms with Crippen molar-refractivity contribution in [1.29, 1.82) is 5.26 Å². The van der Waals surface area contributed by atoms with Gasteiger partial charge in [-0.15, -0.1) is 0 Å². The molecule has 2 unspecified atom stereocenters. The minimum atomic E-state index is -0.581. The second kappa shape index (κ2) is 6.10. The minimum Gasteiger partial charge on any atom is -0.483 e. The van der Waals surface area contributed by atoms with E-state index in [-0.39, 0.29) is 17.5 Å². The Bertz CT molecular complexity index is 582. The summed E-state index contributed by atoms with van der Waals surface area (Å²) < 4.78 is 5.79. The van der Waals surface area contributed by atoms with E-state index < -0.39 is 10.5 Å². The molecular weight excluding hydrogens is 270 g/mol. The maximum Gasteiger partial charge on any atom is 0.311 e. The average Bonchev–Trinajstić information content (AvgIpc) is 2.91. The van der Waals surface area contributed by atoms with Crippen LogP contribution >= 0.6 is 0 Å². The van der Waals surface area contributed by atoms with Gasteiger partial charge in [-0.3, -0.25) is 10.1 Å². The van der Waals surface area contributed by atoms with E-state index in [0.717, 1.165) is 12.0 Å². The van der Waals surface area contributed by atoms with Gasteiger partial charge in [0.25, 0.3) is 0 Å². The number of aryl methyl sites for hydroxylation is 1. The topological polar surface area (TPSA) is 88.2 Å². The lowest BCUT2D eigenvalue weighted by Crippen LogP contribution is -2.39. The molecule has 1 aliphatic rings. The Kier molecular flexibility index (Phi) is 4.43. The molecule has 0 heterocycles. The molecule has 21 heavy (non-hydrogen) atoms. The third kappa shape index (κ3) is 3.14. The molecule has 0 aromatic heterocycles. The molecule has 6 heteroatoms. The molecule has 1 aromatic rings. The van der Waals surface area contributed by atoms with Gasteiger partial charge in [-0.25, -0.2) is 0 Å². The number of nitrogens with one attached hydrogen (secondary N) is 1. The van der Waals surface area contributed by atoms with E-state index in [4.69, 9.17) is 4.74 Å². The van der Waals surface area contributed by atoms with E-state index in [1.807, 2.05) is 13.0 Å². The van der Waals surface area contributed by atoms with Gasteiger partial charge >= 0.3 is 5.69 Å². The number of rotatable bonds is 5. The van der Waals surface area contributed by atoms with Gasteiger partial charge in [-0.05, 0) is 37.9 Å². The van der Waals surface area contributed by atoms with Crippen molar-refractivity contribution in [2.45, 2.75) is 44.2 Å². The molecule has 1 aliphatic carbocycles. The highest BCUT2D eigenvalue weighted by atomic mass is 16.6. The van der Waals surface area contributed by atoms with Crippen LogP contribution in [0, 0.1) is 21.4 Å². The van der Waals surface area contributed by atoms with Crippen molar-refractivity contribution in [2.24, 2.45) is 0 Å². The summed E-state index contributed by atoms with van der Waals surface area (Å²) >= 11 is 0. The van der Waals surface area contributed by atoms with Gasteiger partial charge in [0.2, 0.25) is 0 Å². The Morgan fingerprint density at radius 1 is 1.62 bits per heavy atom. The van der Waals surface area contributed by atoms with Crippen molar-refractivity contribution in [1.82, 2.24) is 5.32 Å². The van der Waals surface area contributed by atoms with E-state index in [2.05, 4.69) is 11.4 Å². The number of nitriles is 1. The van der Waals surface area contributed by atoms with Crippen LogP contribution in [-0.2, 0) is 6.42 Å². The van der Waals surface area contributed by atoms with Crippen molar-refractivity contribution in [3.63, 3.8) is 0 Å². The molecule has 1 aromatic carbocycles. The lowest BCUT2D eigenvalue weighted by Gasteiger charge is -2.20. The van der Waals surface area contributed by atoms with E-state index in [1.165, 1.54) is 0 Å². The zero-order valence-corrected chi connectivity index (χ0v) is 12.3. The predicted octanol–water partition coefficient (Wildman–Crippen LogP) is 2.57. The van der Waals surface area contributed by atoms with E-state index in [1.54, 1.807) is 19.2 Å². The van der Waals surface area contributed by atoms with Gasteiger partial charge in [0.05, 0.1) is 11.0 Å². The first-order chi connectivity index (χ1) is 10.0. The van der Waals surface area contributed by atoms with E-state index in [9.17, 15) is 15.4 Å². The van der Waals surface area contributed by atoms with Gasteiger partial charge in [0, 0.05) is 12.5 Å². The Hall–Kier alpha value is -2.13. The van der Waals surface area contributed by atoms with Crippen molar-refractivity contribution < 1.29 is 9.66 Å². The van der Waals surface area contributed by atoms with Gasteiger partial charge in [-0.2, -0.15) is 5.26 Å². The molecule has 0 radical (unpaired) electrons. The second-order valence-corrected chi connectivity index (χ2v) is 5.34. The van der Waals surface area contributed by atoms with Crippen LogP contribution in [0.15, 0.2) is 18.2 Å². The quantitative estimate of drug-likeness (QED) is 0.664. The summed E-state index contributed by atoms with van der Waals surface area (Å²) in [6.07, 6.45) is 2.49. The zero-order valence-electron chi connectivity index (χ0n) is 12.3. The Morgan fingerprint density at radius 3 is 2.90 bits per heavy atom. The van der Waals surface area contributed by atoms with Crippen LogP contribution in [-0.4, -0.2) is 23.6 Å². The van der Waals surface area contributed by atoms with Crippen LogP contribution in [0.3, 0.4) is 0 Å². The van der Waals surface area contributed by atoms with Gasteiger partial charge < -0.3 is 10.1 Å². The number of ether oxygens (including phenoxy) is 1. The summed E-state index contributed by atoms with van der Waals surface area (Å²) in [5.74, 6) is 0.284. The summed E-state index contributed by atoms with van der Waals surface area (Å²) in [5.41, 5.74) is 0.318. The fraction of sp³-hybridized carbons (Fsp3) is 0.533. The van der Waals surface area contributed by atoms with Crippen LogP contribution < -0.4 is 10.1 Å². The number of nitro groups is 1. The first-order valence-corrected chi connectivity index (χ1v) is 7.07. The van der Waals surface area contributed by atoms with Crippen molar-refractivity contribution in [2.75, 3.05) is 7.05 Å². The number of nitro benzene ring substituents is 1. The van der Waals surface area contributed by atoms with Crippen LogP contribution in [0.1, 0.15) is 31.7 Å². The maximum atomic E-state index is 11.2. The van der Waals surface area contributed by atoms with E-state index in [0.29, 0.717) is 19.3 Å². The predicted molar refractivity (Wildman–Crippen MR) is 78.1 cm³/mol. The van der Waals surface area contributed by atoms with Crippen LogP contribution in [0.2, 0.25) is 0 Å². The molecule has 112 valence electrons. The molecule has 1 saturated carbocycles. The smallest absolute Gasteiger partial charge is 0.311 e. The Labute approximate surface area is 123 Å². The SMILES string of the molecule is CCc1ccc(OC2CCC(C#N)(NC)C2)c([N+](=O)[O-])c1. The summed E-state index contributed by atoms with van der Waals surface area (Å²) in [6, 6.07) is 7.32. The van der Waals surface area contributed by atoms with Gasteiger partial charge in [-0.1, -0.05) is 13.0 Å². The molecular formula is C15H19N3O3. The summed E-state index contributed by atoms with van der Waals surface area (Å²) in [6.45, 7) is 1.95. The first kappa shape index (κ1) is 15.3. The summed E-state index contributed by atoms with van der Waals surface area (Å²) in [4.78, 5) is 10.7. The molecule has 2 rings (SSSR count). The second-order valence-electron chi connectivity index (χ2n) is 5.34. The Balaban J connectivity index is 2.18. The van der Waals surface area contributed by atoms with E-state index >= 15 is 0 Å². The molecule has 0 amide bonds. The van der Waals surface area contributed by atoms with Gasteiger partial charge in [0.15, 0.2) is 5.75 Å². The van der Waals surface area contributed by atoms with Crippen LogP contribution in [0.4, 0.5) is 5.69 Å². The molecule has 0 saturated heterocycles. The van der Waals surface area contributed by atoms with Crippen LogP contribution in [0.5, 0.6) is 5.75 Å². The normalized spacial score (nSPS) is 24.5. The lowest BCUT2D eigenvalue weighted by molar-refractivity contribution is -0.386. The molecule has 1 fully saturated rings. The monoisotopic (exact) mass is 289 g/mol. The summed E-state index contributed by atoms with van der Waals surface area (Å²) in [5, 5.41) is 23.4. The Morgan fingerprint density at radius 2 is 2.38 bits per heavy atom. The lowest BCUT2D eigenvalue weighted by atomic mass is 10.0. The molecule has 1 N–H and O–H groups in total. The van der Waals surface area contributed by atoms with Crippen molar-refractivity contribution in [3.8, 4) is 11.8 Å². The average molecular weight is 289 g/mol. The molecule has 2 atom stereocenters. The van der Waals surface area contributed by atoms with Crippen LogP contribution in [0.25, 0.3) is 0 Å². The van der Waals surface area contributed by atoms with Gasteiger partial charge in [0.1, 0.15) is 11.6 Å². The molecule has 0 aliphatic heterocycles. The number of hydrogen-bond donors (Lipinski definition) is 1. The highest BCUT2D eigenvalue weighted by molar-refractivity contribution is 5.49. The third-order valence-electron chi connectivity index (χ3n) is 4.08. The standard InChI is InChI=1S/C15H19N3O3/c1-3-11-4-5-14(13(8-11)18(19)20)21-12-6-7-15(9-12,10-16)17-2/h4-5,8,12,17H,3,6-7,9H2,1-2H3. The molecule has 0 bridgehead atoms.